The van der Waals surface area contributed by atoms with E-state index >= 15 is 0 Å². The molecular weight excluding hydrogens is 742 g/mol. The Morgan fingerprint density at radius 3 is 2.23 bits per heavy atom. The first-order valence-electron chi connectivity index (χ1n) is 17.7. The van der Waals surface area contributed by atoms with Gasteiger partial charge in [0, 0.05) is 48.6 Å². The molecule has 0 aliphatic carbocycles. The minimum atomic E-state index is -1.40. The molecule has 2 aromatic heterocycles. The third kappa shape index (κ3) is 11.0. The summed E-state index contributed by atoms with van der Waals surface area (Å²) in [6.07, 6.45) is 5.69. The lowest BCUT2D eigenvalue weighted by Gasteiger charge is -2.15. The Bertz CT molecular complexity index is 2230. The predicted octanol–water partition coefficient (Wildman–Crippen LogP) is 1.71. The second-order valence-corrected chi connectivity index (χ2v) is 12.8. The van der Waals surface area contributed by atoms with Crippen LogP contribution >= 0.6 is 0 Å². The maximum Gasteiger partial charge on any atom is 0.336 e. The molecule has 20 heteroatoms. The predicted molar refractivity (Wildman–Crippen MR) is 205 cm³/mol. The van der Waals surface area contributed by atoms with Crippen LogP contribution in [0.4, 0.5) is 23.1 Å². The fraction of sp³-hybridized carbons (Fsp3) is 0.270. The van der Waals surface area contributed by atoms with Crippen molar-refractivity contribution in [3.8, 4) is 0 Å². The van der Waals surface area contributed by atoms with Gasteiger partial charge < -0.3 is 42.9 Å². The maximum absolute atomic E-state index is 12.9. The number of aromatic nitrogens is 4. The lowest BCUT2D eigenvalue weighted by Crippen LogP contribution is -2.41. The van der Waals surface area contributed by atoms with Crippen LogP contribution in [0.3, 0.4) is 0 Å². The van der Waals surface area contributed by atoms with Crippen LogP contribution in [0.15, 0.2) is 60.8 Å². The molecule has 0 bridgehead atoms. The molecular formula is C37H39N11O9. The van der Waals surface area contributed by atoms with Crippen molar-refractivity contribution in [2.24, 2.45) is 0 Å². The second kappa shape index (κ2) is 18.7. The van der Waals surface area contributed by atoms with Crippen molar-refractivity contribution >= 4 is 75.8 Å². The molecule has 4 aromatic rings. The molecule has 0 fully saturated rings. The van der Waals surface area contributed by atoms with E-state index in [0.29, 0.717) is 36.2 Å². The minimum Gasteiger partial charge on any atom is -0.480 e. The maximum atomic E-state index is 12.9. The normalized spacial score (nSPS) is 12.7. The molecule has 296 valence electrons. The highest BCUT2D eigenvalue weighted by Crippen LogP contribution is 2.19. The van der Waals surface area contributed by atoms with Crippen LogP contribution in [-0.2, 0) is 25.7 Å². The van der Waals surface area contributed by atoms with Gasteiger partial charge in [0.1, 0.15) is 6.04 Å². The standard InChI is InChI=1S/C37H39N11O9/c38-31-30-32(47-37(39)46-31)42-19-23(44-30)18-41-21-9-7-20(8-10-21)33(52)45-26(36(56)57)5-4-15-40-34(53)24-12-11-22(17-25(24)35(54)55)43-27(49)6-2-1-3-16-48-28(50)13-14-29(48)51/h7-14,17,19,26,41H,1-6,15-16,18H2,(H,40,53)(H,43,49)(H,45,52)(H,54,55)(H,56,57)(H4,38,39,42,46,47)/t26-/m0/s1. The molecule has 1 atom stereocenters. The first-order valence-corrected chi connectivity index (χ1v) is 17.7. The number of aromatic carboxylic acids is 1. The molecule has 2 aromatic carbocycles. The summed E-state index contributed by atoms with van der Waals surface area (Å²) >= 11 is 0. The Labute approximate surface area is 324 Å². The van der Waals surface area contributed by atoms with Gasteiger partial charge >= 0.3 is 11.9 Å². The molecule has 0 saturated heterocycles. The summed E-state index contributed by atoms with van der Waals surface area (Å²) in [6.45, 7) is 0.484. The lowest BCUT2D eigenvalue weighted by atomic mass is 10.1. The van der Waals surface area contributed by atoms with Gasteiger partial charge in [-0.25, -0.2) is 19.6 Å². The van der Waals surface area contributed by atoms with Crippen LogP contribution < -0.4 is 32.7 Å². The van der Waals surface area contributed by atoms with Gasteiger partial charge in [0.15, 0.2) is 17.0 Å². The first-order chi connectivity index (χ1) is 27.3. The van der Waals surface area contributed by atoms with Gasteiger partial charge in [-0.1, -0.05) is 6.42 Å². The van der Waals surface area contributed by atoms with Crippen LogP contribution in [0, 0.1) is 0 Å². The quantitative estimate of drug-likeness (QED) is 0.0496. The van der Waals surface area contributed by atoms with Crippen molar-refractivity contribution in [3.63, 3.8) is 0 Å². The molecule has 20 nitrogen and oxygen atoms in total. The van der Waals surface area contributed by atoms with Gasteiger partial charge in [-0.2, -0.15) is 9.97 Å². The van der Waals surface area contributed by atoms with E-state index in [0.717, 1.165) is 11.0 Å². The SMILES string of the molecule is Nc1nc(N)c2nc(CNc3ccc(C(=O)N[C@@H](CCCNC(=O)c4ccc(NC(=O)CCCCCN5C(=O)C=CC5=O)cc4C(=O)O)C(=O)O)cc3)cnc2n1. The molecule has 0 radical (unpaired) electrons. The highest BCUT2D eigenvalue weighted by atomic mass is 16.4. The molecule has 5 rings (SSSR count). The number of nitrogens with one attached hydrogen (secondary N) is 4. The Morgan fingerprint density at radius 1 is 0.807 bits per heavy atom. The molecule has 3 heterocycles. The number of hydrogen-bond donors (Lipinski definition) is 8. The van der Waals surface area contributed by atoms with Crippen molar-refractivity contribution in [2.75, 3.05) is 35.2 Å². The van der Waals surface area contributed by atoms with Crippen LogP contribution in [0.25, 0.3) is 11.2 Å². The van der Waals surface area contributed by atoms with Crippen molar-refractivity contribution < 1.29 is 43.8 Å². The minimum absolute atomic E-state index is 0.0136. The summed E-state index contributed by atoms with van der Waals surface area (Å²) in [6, 6.07) is 8.82. The van der Waals surface area contributed by atoms with E-state index in [1.807, 2.05) is 0 Å². The Kier molecular flexibility index (Phi) is 13.3. The molecule has 1 aliphatic heterocycles. The number of benzene rings is 2. The van der Waals surface area contributed by atoms with E-state index in [1.165, 1.54) is 42.6 Å². The van der Waals surface area contributed by atoms with E-state index in [-0.39, 0.29) is 96.4 Å². The van der Waals surface area contributed by atoms with Gasteiger partial charge in [-0.3, -0.25) is 28.9 Å². The van der Waals surface area contributed by atoms with E-state index in [2.05, 4.69) is 41.2 Å². The van der Waals surface area contributed by atoms with Gasteiger partial charge in [0.2, 0.25) is 11.9 Å². The summed E-state index contributed by atoms with van der Waals surface area (Å²) in [5.41, 5.74) is 13.1. The molecule has 57 heavy (non-hydrogen) atoms. The third-order valence-electron chi connectivity index (χ3n) is 8.64. The van der Waals surface area contributed by atoms with E-state index in [1.54, 1.807) is 12.1 Å². The number of rotatable bonds is 19. The van der Waals surface area contributed by atoms with E-state index < -0.39 is 29.8 Å². The lowest BCUT2D eigenvalue weighted by molar-refractivity contribution is -0.139. The summed E-state index contributed by atoms with van der Waals surface area (Å²) in [4.78, 5) is 103. The molecule has 1 aliphatic rings. The monoisotopic (exact) mass is 781 g/mol. The van der Waals surface area contributed by atoms with Gasteiger partial charge in [-0.15, -0.1) is 0 Å². The number of nitrogens with zero attached hydrogens (tertiary/aromatic N) is 5. The number of fused-ring (bicyclic) bond motifs is 1. The largest absolute Gasteiger partial charge is 0.480 e. The van der Waals surface area contributed by atoms with Crippen molar-refractivity contribution in [1.82, 2.24) is 35.5 Å². The number of nitrogen functional groups attached to an aromatic ring is 2. The Morgan fingerprint density at radius 2 is 1.53 bits per heavy atom. The molecule has 0 unspecified atom stereocenters. The van der Waals surface area contributed by atoms with Crippen molar-refractivity contribution in [2.45, 2.75) is 51.1 Å². The zero-order chi connectivity index (χ0) is 41.1. The number of hydrogen-bond acceptors (Lipinski definition) is 14. The van der Waals surface area contributed by atoms with Crippen LogP contribution in [0.1, 0.15) is 75.3 Å². The smallest absolute Gasteiger partial charge is 0.336 e. The summed E-state index contributed by atoms with van der Waals surface area (Å²) in [5.74, 6) is -5.07. The van der Waals surface area contributed by atoms with E-state index in [9.17, 15) is 43.8 Å². The number of carboxylic acids is 2. The molecule has 0 saturated carbocycles. The fourth-order valence-electron chi connectivity index (χ4n) is 5.71. The topological polar surface area (TPSA) is 315 Å². The average molecular weight is 782 g/mol. The number of imide groups is 1. The first kappa shape index (κ1) is 40.7. The number of amides is 5. The number of anilines is 4. The van der Waals surface area contributed by atoms with Gasteiger partial charge in [0.05, 0.1) is 29.6 Å². The average Bonchev–Trinajstić information content (AvgIpc) is 3.50. The fourth-order valence-corrected chi connectivity index (χ4v) is 5.71. The van der Waals surface area contributed by atoms with Crippen LogP contribution in [-0.4, -0.2) is 95.7 Å². The number of unbranched alkanes of at least 4 members (excludes halogenated alkanes) is 2. The van der Waals surface area contributed by atoms with Crippen LogP contribution in [0.2, 0.25) is 0 Å². The zero-order valence-corrected chi connectivity index (χ0v) is 30.4. The molecule has 10 N–H and O–H groups in total. The third-order valence-corrected chi connectivity index (χ3v) is 8.64. The second-order valence-electron chi connectivity index (χ2n) is 12.8. The molecule has 5 amide bonds. The number of carboxylic acid groups (broad SMARTS) is 2. The highest BCUT2D eigenvalue weighted by Gasteiger charge is 2.23. The van der Waals surface area contributed by atoms with Crippen molar-refractivity contribution in [3.05, 3.63) is 83.2 Å². The number of nitrogens with two attached hydrogens (primary N) is 2. The Balaban J connectivity index is 1.04. The number of aliphatic carboxylic acids is 1. The molecule has 0 spiro atoms. The number of carbonyl (C=O) groups is 7. The summed E-state index contributed by atoms with van der Waals surface area (Å²) < 4.78 is 0. The van der Waals surface area contributed by atoms with Crippen molar-refractivity contribution in [1.29, 1.82) is 0 Å². The summed E-state index contributed by atoms with van der Waals surface area (Å²) in [7, 11) is 0. The highest BCUT2D eigenvalue weighted by molar-refractivity contribution is 6.12. The zero-order valence-electron chi connectivity index (χ0n) is 30.4. The number of carbonyl (C=O) groups excluding carboxylic acids is 5. The summed E-state index contributed by atoms with van der Waals surface area (Å²) in [5, 5.41) is 30.3. The van der Waals surface area contributed by atoms with Gasteiger partial charge in [-0.05, 0) is 68.1 Å². The Hall–Kier alpha value is -7.51. The van der Waals surface area contributed by atoms with Gasteiger partial charge in [0.25, 0.3) is 23.6 Å². The van der Waals surface area contributed by atoms with E-state index in [4.69, 9.17) is 11.5 Å². The van der Waals surface area contributed by atoms with Crippen LogP contribution in [0.5, 0.6) is 0 Å².